The van der Waals surface area contributed by atoms with Crippen LogP contribution in [0.15, 0.2) is 23.3 Å². The maximum Gasteiger partial charge on any atom is 0.255 e. The summed E-state index contributed by atoms with van der Waals surface area (Å²) in [5.41, 5.74) is 1.30. The molecule has 1 aliphatic rings. The van der Waals surface area contributed by atoms with Crippen molar-refractivity contribution in [3.05, 3.63) is 40.1 Å². The fraction of sp³-hybridized carbons (Fsp3) is 0.500. The standard InChI is InChI=1S/C16H22N6O2/c1-20(2)16-18-13-11-21(10-6-12(13)15(24)19-16)14(23)5-3-8-22-9-4-7-17-22/h4,7,9H,3,5-6,8,10-11H2,1-2H3,(H,18,19,24). The topological polar surface area (TPSA) is 87.1 Å². The molecule has 0 radical (unpaired) electrons. The van der Waals surface area contributed by atoms with E-state index in [1.54, 1.807) is 16.0 Å². The SMILES string of the molecule is CN(C)c1nc2c(c(=O)[nH]1)CCN(C(=O)CCCn1cccn1)C2. The van der Waals surface area contributed by atoms with Crippen molar-refractivity contribution in [2.75, 3.05) is 25.5 Å². The summed E-state index contributed by atoms with van der Waals surface area (Å²) in [5.74, 6) is 0.619. The van der Waals surface area contributed by atoms with Gasteiger partial charge in [-0.25, -0.2) is 4.98 Å². The summed E-state index contributed by atoms with van der Waals surface area (Å²) in [7, 11) is 3.65. The highest BCUT2D eigenvalue weighted by molar-refractivity contribution is 5.76. The quantitative estimate of drug-likeness (QED) is 0.857. The third kappa shape index (κ3) is 3.47. The van der Waals surface area contributed by atoms with Crippen molar-refractivity contribution < 1.29 is 4.79 Å². The number of aryl methyl sites for hydroxylation is 1. The molecule has 1 aliphatic heterocycles. The van der Waals surface area contributed by atoms with Crippen LogP contribution in [0.5, 0.6) is 0 Å². The monoisotopic (exact) mass is 330 g/mol. The van der Waals surface area contributed by atoms with Gasteiger partial charge < -0.3 is 9.80 Å². The van der Waals surface area contributed by atoms with Gasteiger partial charge in [0.15, 0.2) is 0 Å². The van der Waals surface area contributed by atoms with Crippen molar-refractivity contribution in [2.24, 2.45) is 0 Å². The number of nitrogens with one attached hydrogen (secondary N) is 1. The van der Waals surface area contributed by atoms with Crippen molar-refractivity contribution >= 4 is 11.9 Å². The number of rotatable bonds is 5. The van der Waals surface area contributed by atoms with Gasteiger partial charge in [0.05, 0.1) is 12.2 Å². The number of fused-ring (bicyclic) bond motifs is 1. The van der Waals surface area contributed by atoms with E-state index in [2.05, 4.69) is 15.1 Å². The summed E-state index contributed by atoms with van der Waals surface area (Å²) in [4.78, 5) is 35.4. The van der Waals surface area contributed by atoms with E-state index in [1.165, 1.54) is 0 Å². The van der Waals surface area contributed by atoms with Gasteiger partial charge in [0.25, 0.3) is 5.56 Å². The van der Waals surface area contributed by atoms with E-state index in [0.29, 0.717) is 43.1 Å². The molecular formula is C16H22N6O2. The van der Waals surface area contributed by atoms with Crippen molar-refractivity contribution in [1.29, 1.82) is 0 Å². The van der Waals surface area contributed by atoms with Crippen LogP contribution in [-0.4, -0.2) is 51.2 Å². The zero-order valence-corrected chi connectivity index (χ0v) is 14.0. The Morgan fingerprint density at radius 1 is 1.42 bits per heavy atom. The van der Waals surface area contributed by atoms with Crippen LogP contribution in [0, 0.1) is 0 Å². The number of H-pyrrole nitrogens is 1. The van der Waals surface area contributed by atoms with Crippen molar-refractivity contribution in [1.82, 2.24) is 24.6 Å². The molecule has 0 saturated heterocycles. The van der Waals surface area contributed by atoms with E-state index in [0.717, 1.165) is 13.0 Å². The van der Waals surface area contributed by atoms with Crippen LogP contribution >= 0.6 is 0 Å². The number of hydrogen-bond acceptors (Lipinski definition) is 5. The molecule has 0 bridgehead atoms. The fourth-order valence-corrected chi connectivity index (χ4v) is 2.83. The summed E-state index contributed by atoms with van der Waals surface area (Å²) in [6, 6.07) is 1.87. The summed E-state index contributed by atoms with van der Waals surface area (Å²) < 4.78 is 1.82. The zero-order valence-electron chi connectivity index (χ0n) is 14.0. The Balaban J connectivity index is 1.63. The molecular weight excluding hydrogens is 308 g/mol. The first-order chi connectivity index (χ1) is 11.5. The third-order valence-corrected chi connectivity index (χ3v) is 4.17. The summed E-state index contributed by atoms with van der Waals surface area (Å²) >= 11 is 0. The molecule has 0 fully saturated rings. The van der Waals surface area contributed by atoms with E-state index in [4.69, 9.17) is 0 Å². The van der Waals surface area contributed by atoms with Gasteiger partial charge in [0.1, 0.15) is 0 Å². The maximum absolute atomic E-state index is 12.4. The average molecular weight is 330 g/mol. The minimum absolute atomic E-state index is 0.0984. The molecule has 8 heteroatoms. The Kier molecular flexibility index (Phi) is 4.64. The number of aromatic amines is 1. The second kappa shape index (κ2) is 6.86. The number of hydrogen-bond donors (Lipinski definition) is 1. The first-order valence-corrected chi connectivity index (χ1v) is 8.09. The third-order valence-electron chi connectivity index (χ3n) is 4.17. The molecule has 2 aromatic heterocycles. The number of anilines is 1. The Morgan fingerprint density at radius 3 is 2.96 bits per heavy atom. The van der Waals surface area contributed by atoms with Crippen molar-refractivity contribution in [3.8, 4) is 0 Å². The molecule has 128 valence electrons. The second-order valence-electron chi connectivity index (χ2n) is 6.15. The van der Waals surface area contributed by atoms with Crippen LogP contribution in [0.2, 0.25) is 0 Å². The summed E-state index contributed by atoms with van der Waals surface area (Å²) in [6.07, 6.45) is 5.39. The highest BCUT2D eigenvalue weighted by Crippen LogP contribution is 2.17. The van der Waals surface area contributed by atoms with E-state index in [1.807, 2.05) is 31.0 Å². The lowest BCUT2D eigenvalue weighted by Gasteiger charge is -2.28. The molecule has 24 heavy (non-hydrogen) atoms. The molecule has 8 nitrogen and oxygen atoms in total. The average Bonchev–Trinajstić information content (AvgIpc) is 3.07. The van der Waals surface area contributed by atoms with Crippen molar-refractivity contribution in [3.63, 3.8) is 0 Å². The molecule has 1 amide bonds. The lowest BCUT2D eigenvalue weighted by molar-refractivity contribution is -0.132. The predicted molar refractivity (Wildman–Crippen MR) is 89.8 cm³/mol. The fourth-order valence-electron chi connectivity index (χ4n) is 2.83. The molecule has 2 aromatic rings. The van der Waals surface area contributed by atoms with E-state index in [9.17, 15) is 9.59 Å². The molecule has 0 unspecified atom stereocenters. The summed E-state index contributed by atoms with van der Waals surface area (Å²) in [6.45, 7) is 1.70. The second-order valence-corrected chi connectivity index (χ2v) is 6.15. The van der Waals surface area contributed by atoms with E-state index < -0.39 is 0 Å². The predicted octanol–water partition coefficient (Wildman–Crippen LogP) is 0.397. The lowest BCUT2D eigenvalue weighted by Crippen LogP contribution is -2.39. The van der Waals surface area contributed by atoms with E-state index >= 15 is 0 Å². The van der Waals surface area contributed by atoms with Crippen LogP contribution in [0.3, 0.4) is 0 Å². The minimum Gasteiger partial charge on any atom is -0.348 e. The maximum atomic E-state index is 12.4. The van der Waals surface area contributed by atoms with Gasteiger partial charge in [0.2, 0.25) is 11.9 Å². The minimum atomic E-state index is -0.102. The van der Waals surface area contributed by atoms with Gasteiger partial charge >= 0.3 is 0 Å². The molecule has 0 atom stereocenters. The van der Waals surface area contributed by atoms with Gasteiger partial charge in [-0.15, -0.1) is 0 Å². The Labute approximate surface area is 140 Å². The van der Waals surface area contributed by atoms with Crippen LogP contribution in [0.25, 0.3) is 0 Å². The van der Waals surface area contributed by atoms with Crippen molar-refractivity contribution in [2.45, 2.75) is 32.4 Å². The zero-order chi connectivity index (χ0) is 17.1. The van der Waals surface area contributed by atoms with Gasteiger partial charge in [0, 0.05) is 51.6 Å². The van der Waals surface area contributed by atoms with Crippen LogP contribution in [0.1, 0.15) is 24.1 Å². The molecule has 0 aliphatic carbocycles. The van der Waals surface area contributed by atoms with Crippen LogP contribution in [0.4, 0.5) is 5.95 Å². The number of amides is 1. The first-order valence-electron chi connectivity index (χ1n) is 8.09. The number of carbonyl (C=O) groups excluding carboxylic acids is 1. The highest BCUT2D eigenvalue weighted by Gasteiger charge is 2.24. The summed E-state index contributed by atoms with van der Waals surface area (Å²) in [5, 5.41) is 4.13. The lowest BCUT2D eigenvalue weighted by atomic mass is 10.1. The van der Waals surface area contributed by atoms with Crippen LogP contribution < -0.4 is 10.5 Å². The van der Waals surface area contributed by atoms with Gasteiger partial charge in [-0.2, -0.15) is 5.10 Å². The number of carbonyl (C=O) groups is 1. The van der Waals surface area contributed by atoms with Crippen LogP contribution in [-0.2, 0) is 24.3 Å². The molecule has 0 aromatic carbocycles. The molecule has 0 spiro atoms. The molecule has 0 saturated carbocycles. The van der Waals surface area contributed by atoms with E-state index in [-0.39, 0.29) is 11.5 Å². The normalized spacial score (nSPS) is 13.7. The Morgan fingerprint density at radius 2 is 2.25 bits per heavy atom. The van der Waals surface area contributed by atoms with Gasteiger partial charge in [-0.05, 0) is 18.9 Å². The Hall–Kier alpha value is -2.64. The Bertz CT molecular complexity index is 765. The van der Waals surface area contributed by atoms with Gasteiger partial charge in [-0.1, -0.05) is 0 Å². The number of nitrogens with zero attached hydrogens (tertiary/aromatic N) is 5. The molecule has 3 heterocycles. The molecule has 1 N–H and O–H groups in total. The first kappa shape index (κ1) is 16.2. The highest BCUT2D eigenvalue weighted by atomic mass is 16.2. The largest absolute Gasteiger partial charge is 0.348 e. The smallest absolute Gasteiger partial charge is 0.255 e. The number of aromatic nitrogens is 4. The van der Waals surface area contributed by atoms with Gasteiger partial charge in [-0.3, -0.25) is 19.3 Å². The molecule has 3 rings (SSSR count).